The normalized spacial score (nSPS) is 16.0. The minimum atomic E-state index is -0.833. The number of halogens is 1. The van der Waals surface area contributed by atoms with Crippen molar-refractivity contribution >= 4 is 23.9 Å². The maximum Gasteiger partial charge on any atom is 0.338 e. The Bertz CT molecular complexity index is 823. The third-order valence-corrected chi connectivity index (χ3v) is 3.75. The van der Waals surface area contributed by atoms with Crippen LogP contribution >= 0.6 is 0 Å². The maximum absolute atomic E-state index is 13.5. The van der Waals surface area contributed by atoms with Crippen LogP contribution in [0.25, 0.3) is 0 Å². The van der Waals surface area contributed by atoms with Crippen LogP contribution in [0.1, 0.15) is 24.2 Å². The van der Waals surface area contributed by atoms with E-state index in [9.17, 15) is 23.6 Å². The largest absolute Gasteiger partial charge is 0.463 e. The van der Waals surface area contributed by atoms with Crippen LogP contribution in [-0.4, -0.2) is 49.7 Å². The van der Waals surface area contributed by atoms with Crippen molar-refractivity contribution in [2.75, 3.05) is 19.8 Å². The van der Waals surface area contributed by atoms with Crippen molar-refractivity contribution < 1.29 is 33.0 Å². The lowest BCUT2D eigenvalue weighted by Crippen LogP contribution is -2.50. The standard InChI is InChI=1S/C18H20FN3O6/c1-3-27-17(25)15-10(2)21-18(26)22-13(15)9-28-14(23)8-20-16(24)11-6-4-5-7-12(11)19/h4-7,10H,3,8-9H2,1-2H3,(H,20,24)(H2,21,22,26). The number of amides is 3. The smallest absolute Gasteiger partial charge is 0.338 e. The molecule has 0 aliphatic carbocycles. The molecule has 1 aliphatic rings. The van der Waals surface area contributed by atoms with E-state index < -0.39 is 48.9 Å². The van der Waals surface area contributed by atoms with Crippen molar-refractivity contribution in [1.29, 1.82) is 0 Å². The molecule has 1 heterocycles. The van der Waals surface area contributed by atoms with Crippen LogP contribution < -0.4 is 16.0 Å². The fraction of sp³-hybridized carbons (Fsp3) is 0.333. The van der Waals surface area contributed by atoms with Gasteiger partial charge in [0.1, 0.15) is 19.0 Å². The molecular formula is C18H20FN3O6. The highest BCUT2D eigenvalue weighted by Gasteiger charge is 2.30. The molecule has 0 fully saturated rings. The van der Waals surface area contributed by atoms with Crippen LogP contribution in [0.2, 0.25) is 0 Å². The number of rotatable bonds is 7. The zero-order valence-electron chi connectivity index (χ0n) is 15.3. The highest BCUT2D eigenvalue weighted by Crippen LogP contribution is 2.14. The first-order valence-electron chi connectivity index (χ1n) is 8.49. The number of ether oxygens (including phenoxy) is 2. The van der Waals surface area contributed by atoms with Gasteiger partial charge < -0.3 is 25.4 Å². The molecular weight excluding hydrogens is 373 g/mol. The molecule has 150 valence electrons. The summed E-state index contributed by atoms with van der Waals surface area (Å²) in [6.07, 6.45) is 0. The number of hydrogen-bond donors (Lipinski definition) is 3. The van der Waals surface area contributed by atoms with E-state index in [-0.39, 0.29) is 23.4 Å². The number of carbonyl (C=O) groups is 4. The van der Waals surface area contributed by atoms with Crippen LogP contribution in [0.15, 0.2) is 35.5 Å². The van der Waals surface area contributed by atoms with E-state index in [1.807, 2.05) is 0 Å². The quantitative estimate of drug-likeness (QED) is 0.584. The Labute approximate surface area is 160 Å². The average Bonchev–Trinajstić information content (AvgIpc) is 2.64. The monoisotopic (exact) mass is 393 g/mol. The Kier molecular flexibility index (Phi) is 7.08. The van der Waals surface area contributed by atoms with Crippen molar-refractivity contribution in [2.45, 2.75) is 19.9 Å². The molecule has 1 aliphatic heterocycles. The van der Waals surface area contributed by atoms with Gasteiger partial charge in [0, 0.05) is 0 Å². The molecule has 1 atom stereocenters. The number of nitrogens with one attached hydrogen (secondary N) is 3. The van der Waals surface area contributed by atoms with Gasteiger partial charge in [-0.25, -0.2) is 14.0 Å². The lowest BCUT2D eigenvalue weighted by Gasteiger charge is -2.26. The third kappa shape index (κ3) is 5.29. The molecule has 1 aromatic rings. The molecule has 28 heavy (non-hydrogen) atoms. The SMILES string of the molecule is CCOC(=O)C1=C(COC(=O)CNC(=O)c2ccccc2F)NC(=O)NC1C. The highest BCUT2D eigenvalue weighted by atomic mass is 19.1. The van der Waals surface area contributed by atoms with Crippen LogP contribution in [0, 0.1) is 5.82 Å². The van der Waals surface area contributed by atoms with Crippen LogP contribution in [-0.2, 0) is 19.1 Å². The molecule has 3 amide bonds. The minimum absolute atomic E-state index is 0.0866. The summed E-state index contributed by atoms with van der Waals surface area (Å²) in [6, 6.07) is 4.13. The maximum atomic E-state index is 13.5. The summed E-state index contributed by atoms with van der Waals surface area (Å²) in [6.45, 7) is 2.44. The first kappa shape index (κ1) is 20.9. The van der Waals surface area contributed by atoms with E-state index in [2.05, 4.69) is 16.0 Å². The summed E-state index contributed by atoms with van der Waals surface area (Å²) >= 11 is 0. The molecule has 3 N–H and O–H groups in total. The number of urea groups is 1. The van der Waals surface area contributed by atoms with Gasteiger partial charge in [-0.15, -0.1) is 0 Å². The van der Waals surface area contributed by atoms with Gasteiger partial charge in [0.25, 0.3) is 5.91 Å². The second-order valence-electron chi connectivity index (χ2n) is 5.76. The lowest BCUT2D eigenvalue weighted by molar-refractivity contribution is -0.142. The molecule has 2 rings (SSSR count). The van der Waals surface area contributed by atoms with E-state index in [1.165, 1.54) is 18.2 Å². The fourth-order valence-electron chi connectivity index (χ4n) is 2.49. The predicted molar refractivity (Wildman–Crippen MR) is 94.5 cm³/mol. The number of carbonyl (C=O) groups excluding carboxylic acids is 4. The number of esters is 2. The molecule has 1 unspecified atom stereocenters. The van der Waals surface area contributed by atoms with Crippen LogP contribution in [0.5, 0.6) is 0 Å². The van der Waals surface area contributed by atoms with Crippen LogP contribution in [0.3, 0.4) is 0 Å². The van der Waals surface area contributed by atoms with Gasteiger partial charge in [-0.3, -0.25) is 9.59 Å². The summed E-state index contributed by atoms with van der Waals surface area (Å²) in [7, 11) is 0. The number of benzene rings is 1. The molecule has 0 spiro atoms. The second kappa shape index (κ2) is 9.49. The van der Waals surface area contributed by atoms with Crippen molar-refractivity contribution in [1.82, 2.24) is 16.0 Å². The van der Waals surface area contributed by atoms with Gasteiger partial charge in [-0.1, -0.05) is 12.1 Å². The van der Waals surface area contributed by atoms with Gasteiger partial charge in [0.05, 0.1) is 29.5 Å². The molecule has 0 bridgehead atoms. The van der Waals surface area contributed by atoms with E-state index in [0.717, 1.165) is 6.07 Å². The molecule has 0 radical (unpaired) electrons. The van der Waals surface area contributed by atoms with E-state index in [0.29, 0.717) is 0 Å². The molecule has 10 heteroatoms. The van der Waals surface area contributed by atoms with E-state index in [1.54, 1.807) is 13.8 Å². The molecule has 0 saturated heterocycles. The molecule has 1 aromatic carbocycles. The first-order chi connectivity index (χ1) is 13.3. The van der Waals surface area contributed by atoms with Gasteiger partial charge in [-0.2, -0.15) is 0 Å². The third-order valence-electron chi connectivity index (χ3n) is 3.75. The van der Waals surface area contributed by atoms with Gasteiger partial charge in [0.15, 0.2) is 0 Å². The van der Waals surface area contributed by atoms with E-state index in [4.69, 9.17) is 9.47 Å². The Morgan fingerprint density at radius 2 is 1.93 bits per heavy atom. The van der Waals surface area contributed by atoms with Gasteiger partial charge in [0.2, 0.25) is 0 Å². The summed E-state index contributed by atoms with van der Waals surface area (Å²) in [5, 5.41) is 7.15. The van der Waals surface area contributed by atoms with Crippen molar-refractivity contribution in [2.24, 2.45) is 0 Å². The first-order valence-corrected chi connectivity index (χ1v) is 8.49. The Balaban J connectivity index is 1.96. The van der Waals surface area contributed by atoms with Gasteiger partial charge in [-0.05, 0) is 26.0 Å². The Morgan fingerprint density at radius 1 is 1.21 bits per heavy atom. The summed E-state index contributed by atoms with van der Waals surface area (Å²) in [4.78, 5) is 47.4. The minimum Gasteiger partial charge on any atom is -0.463 e. The van der Waals surface area contributed by atoms with Gasteiger partial charge >= 0.3 is 18.0 Å². The van der Waals surface area contributed by atoms with Crippen molar-refractivity contribution in [3.63, 3.8) is 0 Å². The number of hydrogen-bond acceptors (Lipinski definition) is 6. The summed E-state index contributed by atoms with van der Waals surface area (Å²) < 4.78 is 23.5. The van der Waals surface area contributed by atoms with Crippen molar-refractivity contribution in [3.8, 4) is 0 Å². The molecule has 9 nitrogen and oxygen atoms in total. The highest BCUT2D eigenvalue weighted by molar-refractivity contribution is 5.96. The molecule has 0 aromatic heterocycles. The fourth-order valence-corrected chi connectivity index (χ4v) is 2.49. The topological polar surface area (TPSA) is 123 Å². The zero-order chi connectivity index (χ0) is 20.7. The zero-order valence-corrected chi connectivity index (χ0v) is 15.3. The Morgan fingerprint density at radius 3 is 2.61 bits per heavy atom. The predicted octanol–water partition coefficient (Wildman–Crippen LogP) is 0.617. The summed E-state index contributed by atoms with van der Waals surface area (Å²) in [5.41, 5.74) is 0.00942. The molecule has 0 saturated carbocycles. The lowest BCUT2D eigenvalue weighted by atomic mass is 10.0. The average molecular weight is 393 g/mol. The Hall–Kier alpha value is -3.43. The second-order valence-corrected chi connectivity index (χ2v) is 5.76. The summed E-state index contributed by atoms with van der Waals surface area (Å²) in [5.74, 6) is -2.98. The van der Waals surface area contributed by atoms with E-state index >= 15 is 0 Å². The van der Waals surface area contributed by atoms with Crippen LogP contribution in [0.4, 0.5) is 9.18 Å². The van der Waals surface area contributed by atoms with Crippen molar-refractivity contribution in [3.05, 3.63) is 46.9 Å².